The quantitative estimate of drug-likeness (QED) is 0.224. The maximum Gasteiger partial charge on any atom is 0.167 e. The van der Waals surface area contributed by atoms with Gasteiger partial charge in [0.05, 0.1) is 16.6 Å². The molecular weight excluding hydrogens is 667 g/mol. The van der Waals surface area contributed by atoms with E-state index in [2.05, 4.69) is 83.4 Å². The zero-order valence-electron chi connectivity index (χ0n) is 29.4. The summed E-state index contributed by atoms with van der Waals surface area (Å²) >= 11 is 0. The summed E-state index contributed by atoms with van der Waals surface area (Å²) in [7, 11) is 31.7. The second kappa shape index (κ2) is 12.8. The third kappa shape index (κ3) is 5.27. The van der Waals surface area contributed by atoms with Crippen LogP contribution >= 0.6 is 0 Å². The van der Waals surface area contributed by atoms with Gasteiger partial charge >= 0.3 is 0 Å². The van der Waals surface area contributed by atoms with E-state index >= 15 is 0 Å². The highest BCUT2D eigenvalue weighted by Crippen LogP contribution is 2.39. The van der Waals surface area contributed by atoms with Crippen LogP contribution in [0.5, 0.6) is 0 Å². The molecular formula is C45H23B5N4O. The zero-order chi connectivity index (χ0) is 37.4. The van der Waals surface area contributed by atoms with Crippen LogP contribution in [0.1, 0.15) is 0 Å². The monoisotopic (exact) mass is 690 g/mol. The predicted octanol–water partition coefficient (Wildman–Crippen LogP) is 5.51. The first-order valence-corrected chi connectivity index (χ1v) is 17.7. The van der Waals surface area contributed by atoms with Crippen molar-refractivity contribution in [1.82, 2.24) is 19.5 Å². The van der Waals surface area contributed by atoms with Crippen LogP contribution in [0, 0.1) is 0 Å². The van der Waals surface area contributed by atoms with E-state index in [9.17, 15) is 0 Å². The van der Waals surface area contributed by atoms with E-state index in [1.54, 1.807) is 0 Å². The van der Waals surface area contributed by atoms with Crippen molar-refractivity contribution >= 4 is 110 Å². The Morgan fingerprint density at radius 2 is 1.04 bits per heavy atom. The molecule has 10 heteroatoms. The Balaban J connectivity index is 1.18. The number of para-hydroxylation sites is 2. The van der Waals surface area contributed by atoms with E-state index in [1.807, 2.05) is 60.7 Å². The molecule has 244 valence electrons. The van der Waals surface area contributed by atoms with Crippen molar-refractivity contribution in [2.45, 2.75) is 0 Å². The van der Waals surface area contributed by atoms with Gasteiger partial charge in [0.25, 0.3) is 0 Å². The number of fused-ring (bicyclic) bond motifs is 6. The Hall–Kier alpha value is -6.53. The Kier molecular flexibility index (Phi) is 7.70. The third-order valence-corrected chi connectivity index (χ3v) is 10.4. The van der Waals surface area contributed by atoms with Gasteiger partial charge in [-0.1, -0.05) is 114 Å². The van der Waals surface area contributed by atoms with Crippen molar-refractivity contribution in [2.75, 3.05) is 0 Å². The number of furan rings is 1. The lowest BCUT2D eigenvalue weighted by Crippen LogP contribution is -2.55. The van der Waals surface area contributed by atoms with Crippen LogP contribution in [-0.4, -0.2) is 58.8 Å². The highest BCUT2D eigenvalue weighted by molar-refractivity contribution is 6.68. The molecule has 0 aliphatic carbocycles. The van der Waals surface area contributed by atoms with E-state index in [0.29, 0.717) is 22.8 Å². The Morgan fingerprint density at radius 1 is 0.418 bits per heavy atom. The summed E-state index contributed by atoms with van der Waals surface area (Å²) in [5, 5.41) is 4.22. The first kappa shape index (κ1) is 33.1. The average molecular weight is 690 g/mol. The van der Waals surface area contributed by atoms with Gasteiger partial charge in [0.1, 0.15) is 50.4 Å². The van der Waals surface area contributed by atoms with Gasteiger partial charge < -0.3 is 8.98 Å². The Labute approximate surface area is 323 Å². The number of aromatic nitrogens is 4. The van der Waals surface area contributed by atoms with Crippen molar-refractivity contribution in [3.05, 3.63) is 140 Å². The normalized spacial score (nSPS) is 11.6. The Morgan fingerprint density at radius 3 is 1.80 bits per heavy atom. The van der Waals surface area contributed by atoms with Crippen LogP contribution in [0.2, 0.25) is 0 Å². The van der Waals surface area contributed by atoms with Gasteiger partial charge in [0, 0.05) is 38.4 Å². The van der Waals surface area contributed by atoms with E-state index in [0.717, 1.165) is 49.8 Å². The number of hydrogen-bond acceptors (Lipinski definition) is 4. The fourth-order valence-electron chi connectivity index (χ4n) is 7.58. The van der Waals surface area contributed by atoms with Crippen LogP contribution < -0.4 is 27.3 Å². The van der Waals surface area contributed by atoms with Crippen molar-refractivity contribution < 1.29 is 4.42 Å². The number of benzene rings is 7. The average Bonchev–Trinajstić information content (AvgIpc) is 3.78. The minimum absolute atomic E-state index is 0.111. The summed E-state index contributed by atoms with van der Waals surface area (Å²) in [4.78, 5) is 14.7. The van der Waals surface area contributed by atoms with Gasteiger partial charge in [-0.05, 0) is 47.5 Å². The maximum atomic E-state index is 6.64. The van der Waals surface area contributed by atoms with Crippen LogP contribution in [0.15, 0.2) is 144 Å². The molecule has 10 aromatic rings. The Bertz CT molecular complexity index is 3130. The fourth-order valence-corrected chi connectivity index (χ4v) is 7.58. The molecule has 3 heterocycles. The molecule has 55 heavy (non-hydrogen) atoms. The minimum atomic E-state index is 0.111. The summed E-state index contributed by atoms with van der Waals surface area (Å²) in [6.45, 7) is 0. The lowest BCUT2D eigenvalue weighted by atomic mass is 9.60. The molecule has 0 amide bonds. The molecule has 0 fully saturated rings. The first-order valence-electron chi connectivity index (χ1n) is 17.7. The number of rotatable bonds is 5. The molecule has 5 nitrogen and oxygen atoms in total. The standard InChI is InChI=1S/C45H23B5N4O/c46-37-36(38(47)40(49)41(50)39(37)48)45-52-43(25-12-5-2-6-13-25)51-44(53-45)31-16-9-15-30-32-23-27(19-21-35(32)55-42(30)31)54-33-17-8-7-14-28(33)29-20-18-26(22-34(29)54)24-10-3-1-4-11-24/h1-23H. The molecule has 0 aliphatic rings. The first-order chi connectivity index (χ1) is 26.9. The van der Waals surface area contributed by atoms with Gasteiger partial charge in [0.2, 0.25) is 0 Å². The van der Waals surface area contributed by atoms with Crippen molar-refractivity contribution in [2.24, 2.45) is 0 Å². The molecule has 0 N–H and O–H groups in total. The summed E-state index contributed by atoms with van der Waals surface area (Å²) in [6.07, 6.45) is 0. The van der Waals surface area contributed by atoms with E-state index in [-0.39, 0.29) is 38.7 Å². The van der Waals surface area contributed by atoms with E-state index in [4.69, 9.17) is 58.6 Å². The third-order valence-electron chi connectivity index (χ3n) is 10.4. The molecule has 3 aromatic heterocycles. The molecule has 10 radical (unpaired) electrons. The second-order valence-electron chi connectivity index (χ2n) is 13.5. The molecule has 7 aromatic carbocycles. The van der Waals surface area contributed by atoms with Gasteiger partial charge in [0.15, 0.2) is 17.5 Å². The lowest BCUT2D eigenvalue weighted by molar-refractivity contribution is 0.669. The van der Waals surface area contributed by atoms with Crippen molar-refractivity contribution in [1.29, 1.82) is 0 Å². The van der Waals surface area contributed by atoms with Gasteiger partial charge in [-0.2, -0.15) is 0 Å². The molecule has 0 aliphatic heterocycles. The van der Waals surface area contributed by atoms with E-state index in [1.165, 1.54) is 10.8 Å². The second-order valence-corrected chi connectivity index (χ2v) is 13.5. The molecule has 0 unspecified atom stereocenters. The van der Waals surface area contributed by atoms with Crippen LogP contribution in [-0.2, 0) is 0 Å². The van der Waals surface area contributed by atoms with Crippen molar-refractivity contribution in [3.8, 4) is 51.0 Å². The molecule has 0 spiro atoms. The molecule has 0 atom stereocenters. The number of nitrogens with zero attached hydrogens (tertiary/aromatic N) is 4. The van der Waals surface area contributed by atoms with Crippen molar-refractivity contribution in [3.63, 3.8) is 0 Å². The van der Waals surface area contributed by atoms with Gasteiger partial charge in [-0.15, -0.1) is 16.4 Å². The zero-order valence-corrected chi connectivity index (χ0v) is 29.4. The van der Waals surface area contributed by atoms with Gasteiger partial charge in [-0.25, -0.2) is 15.0 Å². The van der Waals surface area contributed by atoms with E-state index < -0.39 is 0 Å². The topological polar surface area (TPSA) is 56.7 Å². The molecule has 10 rings (SSSR count). The van der Waals surface area contributed by atoms with Crippen LogP contribution in [0.25, 0.3) is 94.7 Å². The highest BCUT2D eigenvalue weighted by atomic mass is 16.3. The smallest absolute Gasteiger partial charge is 0.167 e. The predicted molar refractivity (Wildman–Crippen MR) is 230 cm³/mol. The summed E-state index contributed by atoms with van der Waals surface area (Å²) < 4.78 is 8.96. The molecule has 0 bridgehead atoms. The fraction of sp³-hybridized carbons (Fsp3) is 0. The highest BCUT2D eigenvalue weighted by Gasteiger charge is 2.21. The lowest BCUT2D eigenvalue weighted by Gasteiger charge is -2.20. The van der Waals surface area contributed by atoms with Gasteiger partial charge in [-0.3, -0.25) is 0 Å². The summed E-state index contributed by atoms with van der Waals surface area (Å²) in [5.74, 6) is 0.969. The maximum absolute atomic E-state index is 6.64. The van der Waals surface area contributed by atoms with Crippen LogP contribution in [0.3, 0.4) is 0 Å². The molecule has 0 saturated heterocycles. The van der Waals surface area contributed by atoms with Crippen LogP contribution in [0.4, 0.5) is 0 Å². The number of hydrogen-bond donors (Lipinski definition) is 0. The summed E-state index contributed by atoms with van der Waals surface area (Å²) in [6, 6.07) is 47.5. The largest absolute Gasteiger partial charge is 0.455 e. The minimum Gasteiger partial charge on any atom is -0.455 e. The summed E-state index contributed by atoms with van der Waals surface area (Å²) in [5.41, 5.74) is 9.21. The molecule has 0 saturated carbocycles. The SMILES string of the molecule is [B]c1c([B])c([B])c(-c2nc(-c3ccccc3)nc(-c3cccc4c3oc3ccc(-n5c6ccccc6c6ccc(-c7ccccc7)cc65)cc34)n2)c([B])c1[B].